The summed E-state index contributed by atoms with van der Waals surface area (Å²) >= 11 is 2.14. The quantitative estimate of drug-likeness (QED) is 0.586. The number of aromatic nitrogens is 1. The van der Waals surface area contributed by atoms with Gasteiger partial charge in [0.05, 0.1) is 16.1 Å². The van der Waals surface area contributed by atoms with Crippen LogP contribution < -0.4 is 0 Å². The van der Waals surface area contributed by atoms with Gasteiger partial charge in [-0.15, -0.1) is 15.7 Å². The van der Waals surface area contributed by atoms with Crippen molar-refractivity contribution in [2.45, 2.75) is 11.1 Å². The second kappa shape index (κ2) is 7.50. The first kappa shape index (κ1) is 18.9. The smallest absolute Gasteiger partial charge is 0.286 e. The van der Waals surface area contributed by atoms with Gasteiger partial charge in [-0.2, -0.15) is 8.42 Å². The molecule has 1 saturated heterocycles. The largest absolute Gasteiger partial charge is 0.294 e. The highest BCUT2D eigenvalue weighted by Gasteiger charge is 2.34. The molecule has 142 valence electrons. The fourth-order valence-electron chi connectivity index (χ4n) is 2.71. The Hall–Kier alpha value is -2.49. The third-order valence-electron chi connectivity index (χ3n) is 4.05. The van der Waals surface area contributed by atoms with Crippen molar-refractivity contribution in [2.75, 3.05) is 6.54 Å². The normalized spacial score (nSPS) is 17.9. The zero-order chi connectivity index (χ0) is 19.7. The SMILES string of the molecule is CCN1C(=O)/C(=C/c2ccc3ccccc3n2)S/C1=N/S(=O)(=O)c1cccs1. The summed E-state index contributed by atoms with van der Waals surface area (Å²) in [4.78, 5) is 19.0. The average molecular weight is 430 g/mol. The lowest BCUT2D eigenvalue weighted by Crippen LogP contribution is -2.29. The number of carbonyl (C=O) groups excluding carboxylic acids is 1. The monoisotopic (exact) mass is 429 g/mol. The van der Waals surface area contributed by atoms with Crippen molar-refractivity contribution in [3.8, 4) is 0 Å². The van der Waals surface area contributed by atoms with Crippen LogP contribution in [0.2, 0.25) is 0 Å². The molecule has 9 heteroatoms. The third kappa shape index (κ3) is 3.60. The lowest BCUT2D eigenvalue weighted by atomic mass is 10.2. The van der Waals surface area contributed by atoms with E-state index in [0.717, 1.165) is 34.0 Å². The number of rotatable bonds is 4. The third-order valence-corrected chi connectivity index (χ3v) is 7.81. The zero-order valence-electron chi connectivity index (χ0n) is 14.8. The molecule has 1 amide bonds. The Balaban J connectivity index is 1.70. The van der Waals surface area contributed by atoms with Crippen LogP contribution >= 0.6 is 23.1 Å². The molecule has 3 aromatic rings. The van der Waals surface area contributed by atoms with E-state index in [0.29, 0.717) is 17.1 Å². The molecule has 28 heavy (non-hydrogen) atoms. The van der Waals surface area contributed by atoms with E-state index in [1.807, 2.05) is 36.4 Å². The van der Waals surface area contributed by atoms with Gasteiger partial charge in [0.25, 0.3) is 15.9 Å². The topological polar surface area (TPSA) is 79.7 Å². The van der Waals surface area contributed by atoms with Gasteiger partial charge >= 0.3 is 0 Å². The number of likely N-dealkylation sites (N-methyl/N-ethyl adjacent to an activating group) is 1. The van der Waals surface area contributed by atoms with Crippen molar-refractivity contribution in [3.63, 3.8) is 0 Å². The number of amidine groups is 1. The molecule has 0 saturated carbocycles. The van der Waals surface area contributed by atoms with Gasteiger partial charge in [-0.05, 0) is 48.3 Å². The molecule has 0 N–H and O–H groups in total. The molecule has 0 aliphatic carbocycles. The molecular formula is C19H15N3O3S3. The van der Waals surface area contributed by atoms with Gasteiger partial charge in [-0.1, -0.05) is 30.3 Å². The maximum Gasteiger partial charge on any atom is 0.294 e. The lowest BCUT2D eigenvalue weighted by molar-refractivity contribution is -0.122. The number of amides is 1. The number of thioether (sulfide) groups is 1. The number of para-hydroxylation sites is 1. The Morgan fingerprint density at radius 2 is 1.96 bits per heavy atom. The molecule has 3 heterocycles. The van der Waals surface area contributed by atoms with E-state index in [1.165, 1.54) is 11.0 Å². The molecule has 1 aliphatic rings. The standard InChI is InChI=1S/C19H15N3O3S3/c1-2-22-18(23)16(12-14-10-9-13-6-3-4-7-15(13)20-14)27-19(22)21-28(24,25)17-8-5-11-26-17/h3-12H,2H2,1H3/b16-12-,21-19+. The molecule has 1 aromatic carbocycles. The van der Waals surface area contributed by atoms with E-state index in [9.17, 15) is 13.2 Å². The van der Waals surface area contributed by atoms with Crippen molar-refractivity contribution in [2.24, 2.45) is 4.40 Å². The van der Waals surface area contributed by atoms with E-state index in [4.69, 9.17) is 0 Å². The van der Waals surface area contributed by atoms with Gasteiger partial charge in [-0.3, -0.25) is 9.69 Å². The van der Waals surface area contributed by atoms with E-state index >= 15 is 0 Å². The first-order chi connectivity index (χ1) is 13.5. The molecule has 0 atom stereocenters. The number of fused-ring (bicyclic) bond motifs is 1. The molecule has 1 fully saturated rings. The fraction of sp³-hybridized carbons (Fsp3) is 0.105. The van der Waals surface area contributed by atoms with Gasteiger partial charge in [0.15, 0.2) is 5.17 Å². The molecule has 6 nitrogen and oxygen atoms in total. The molecule has 0 bridgehead atoms. The van der Waals surface area contributed by atoms with Crippen LogP contribution in [0.3, 0.4) is 0 Å². The average Bonchev–Trinajstić information content (AvgIpc) is 3.31. The minimum atomic E-state index is -3.84. The van der Waals surface area contributed by atoms with Crippen LogP contribution in [0, 0.1) is 0 Å². The fourth-order valence-corrected chi connectivity index (χ4v) is 5.91. The highest BCUT2D eigenvalue weighted by Crippen LogP contribution is 2.34. The van der Waals surface area contributed by atoms with E-state index in [2.05, 4.69) is 9.38 Å². The van der Waals surface area contributed by atoms with Crippen LogP contribution in [0.25, 0.3) is 17.0 Å². The van der Waals surface area contributed by atoms with Crippen molar-refractivity contribution < 1.29 is 13.2 Å². The molecule has 0 unspecified atom stereocenters. The van der Waals surface area contributed by atoms with Gasteiger partial charge in [-0.25, -0.2) is 4.98 Å². The second-order valence-electron chi connectivity index (χ2n) is 5.87. The summed E-state index contributed by atoms with van der Waals surface area (Å²) in [5, 5.41) is 2.84. The van der Waals surface area contributed by atoms with E-state index in [-0.39, 0.29) is 15.3 Å². The van der Waals surface area contributed by atoms with Gasteiger partial charge in [0.1, 0.15) is 4.21 Å². The summed E-state index contributed by atoms with van der Waals surface area (Å²) in [5.41, 5.74) is 1.46. The number of nitrogens with zero attached hydrogens (tertiary/aromatic N) is 3. The van der Waals surface area contributed by atoms with Crippen molar-refractivity contribution in [1.82, 2.24) is 9.88 Å². The van der Waals surface area contributed by atoms with Crippen LogP contribution in [-0.4, -0.2) is 35.9 Å². The van der Waals surface area contributed by atoms with E-state index < -0.39 is 10.0 Å². The van der Waals surface area contributed by atoms with Crippen LogP contribution in [0.5, 0.6) is 0 Å². The molecule has 4 rings (SSSR count). The Morgan fingerprint density at radius 3 is 2.71 bits per heavy atom. The summed E-state index contributed by atoms with van der Waals surface area (Å²) in [6.07, 6.45) is 1.67. The molecule has 0 spiro atoms. The number of hydrogen-bond donors (Lipinski definition) is 0. The molecule has 1 aliphatic heterocycles. The predicted octanol–water partition coefficient (Wildman–Crippen LogP) is 3.98. The Labute approximate surface area is 170 Å². The molecule has 0 radical (unpaired) electrons. The van der Waals surface area contributed by atoms with E-state index in [1.54, 1.807) is 24.4 Å². The number of sulfonamides is 1. The predicted molar refractivity (Wildman–Crippen MR) is 114 cm³/mol. The summed E-state index contributed by atoms with van der Waals surface area (Å²) in [6.45, 7) is 2.11. The lowest BCUT2D eigenvalue weighted by Gasteiger charge is -2.11. The molecule has 2 aromatic heterocycles. The maximum absolute atomic E-state index is 12.7. The van der Waals surface area contributed by atoms with Crippen LogP contribution in [0.4, 0.5) is 0 Å². The first-order valence-electron chi connectivity index (χ1n) is 8.43. The molecular weight excluding hydrogens is 414 g/mol. The van der Waals surface area contributed by atoms with Gasteiger partial charge < -0.3 is 0 Å². The van der Waals surface area contributed by atoms with Gasteiger partial charge in [0, 0.05) is 11.9 Å². The number of benzene rings is 1. The summed E-state index contributed by atoms with van der Waals surface area (Å²) in [6, 6.07) is 14.6. The maximum atomic E-state index is 12.7. The highest BCUT2D eigenvalue weighted by molar-refractivity contribution is 8.19. The number of pyridine rings is 1. The number of carbonyl (C=O) groups is 1. The highest BCUT2D eigenvalue weighted by atomic mass is 32.2. The van der Waals surface area contributed by atoms with Crippen molar-refractivity contribution in [3.05, 3.63) is 64.5 Å². The van der Waals surface area contributed by atoms with Crippen LogP contribution in [-0.2, 0) is 14.8 Å². The van der Waals surface area contributed by atoms with Crippen molar-refractivity contribution in [1.29, 1.82) is 0 Å². The van der Waals surface area contributed by atoms with Crippen molar-refractivity contribution >= 4 is 61.2 Å². The van der Waals surface area contributed by atoms with Gasteiger partial charge in [0.2, 0.25) is 0 Å². The Bertz CT molecular complexity index is 1220. The Kier molecular flexibility index (Phi) is 5.05. The summed E-state index contributed by atoms with van der Waals surface area (Å²) in [5.74, 6) is -0.275. The minimum Gasteiger partial charge on any atom is -0.286 e. The Morgan fingerprint density at radius 1 is 1.14 bits per heavy atom. The second-order valence-corrected chi connectivity index (χ2v) is 9.66. The van der Waals surface area contributed by atoms with Crippen LogP contribution in [0.1, 0.15) is 12.6 Å². The summed E-state index contributed by atoms with van der Waals surface area (Å²) in [7, 11) is -3.84. The number of thiophene rings is 1. The first-order valence-corrected chi connectivity index (χ1v) is 11.6. The zero-order valence-corrected chi connectivity index (χ0v) is 17.2. The number of hydrogen-bond acceptors (Lipinski definition) is 6. The minimum absolute atomic E-state index is 0.151. The summed E-state index contributed by atoms with van der Waals surface area (Å²) < 4.78 is 29.0. The van der Waals surface area contributed by atoms with Crippen LogP contribution in [0.15, 0.2) is 67.4 Å².